The lowest BCUT2D eigenvalue weighted by atomic mass is 10.2. The van der Waals surface area contributed by atoms with Crippen LogP contribution in [0.15, 0.2) is 18.2 Å². The molecule has 0 amide bonds. The van der Waals surface area contributed by atoms with Gasteiger partial charge in [-0.3, -0.25) is 10.1 Å². The maximum absolute atomic E-state index is 10.4. The Balaban J connectivity index is 3.10. The zero-order chi connectivity index (χ0) is 9.14. The molecule has 0 N–H and O–H groups in total. The number of nitro groups is 1. The maximum atomic E-state index is 10.4. The fraction of sp³-hybridized carbons (Fsp3) is 0.250. The molecule has 0 spiro atoms. The number of hydrogen-bond donors (Lipinski definition) is 0. The van der Waals surface area contributed by atoms with E-state index >= 15 is 0 Å². The molecule has 4 heteroatoms. The molecule has 1 rings (SSSR count). The highest BCUT2D eigenvalue weighted by molar-refractivity contribution is 14.1. The average Bonchev–Trinajstić information content (AvgIpc) is 2.04. The van der Waals surface area contributed by atoms with Gasteiger partial charge in [0.15, 0.2) is 0 Å². The largest absolute Gasteiger partial charge is 0.270 e. The number of non-ortho nitro benzene ring substituents is 1. The molecule has 0 atom stereocenters. The molecule has 0 aliphatic rings. The lowest BCUT2D eigenvalue weighted by Crippen LogP contribution is -1.91. The van der Waals surface area contributed by atoms with Gasteiger partial charge < -0.3 is 0 Å². The number of benzene rings is 1. The monoisotopic (exact) mass is 277 g/mol. The van der Waals surface area contributed by atoms with Crippen LogP contribution in [-0.2, 0) is 6.42 Å². The topological polar surface area (TPSA) is 43.1 Å². The molecule has 12 heavy (non-hydrogen) atoms. The Morgan fingerprint density at radius 3 is 2.67 bits per heavy atom. The maximum Gasteiger partial charge on any atom is 0.270 e. The molecular formula is C8H8INO2. The summed E-state index contributed by atoms with van der Waals surface area (Å²) in [5.74, 6) is 0. The van der Waals surface area contributed by atoms with E-state index in [0.717, 1.165) is 15.6 Å². The summed E-state index contributed by atoms with van der Waals surface area (Å²) in [6, 6.07) is 4.94. The first kappa shape index (κ1) is 9.44. The molecule has 0 aliphatic heterocycles. The van der Waals surface area contributed by atoms with Crippen LogP contribution in [0.1, 0.15) is 12.5 Å². The zero-order valence-corrected chi connectivity index (χ0v) is 8.74. The van der Waals surface area contributed by atoms with Gasteiger partial charge >= 0.3 is 0 Å². The summed E-state index contributed by atoms with van der Waals surface area (Å²) in [7, 11) is 0. The second kappa shape index (κ2) is 3.84. The summed E-state index contributed by atoms with van der Waals surface area (Å²) >= 11 is 2.11. The Morgan fingerprint density at radius 2 is 2.25 bits per heavy atom. The highest BCUT2D eigenvalue weighted by Crippen LogP contribution is 2.19. The molecule has 0 heterocycles. The summed E-state index contributed by atoms with van der Waals surface area (Å²) in [5.41, 5.74) is 1.32. The molecule has 1 aromatic carbocycles. The zero-order valence-electron chi connectivity index (χ0n) is 6.58. The second-order valence-electron chi connectivity index (χ2n) is 2.39. The first-order chi connectivity index (χ1) is 5.65. The highest BCUT2D eigenvalue weighted by atomic mass is 127. The lowest BCUT2D eigenvalue weighted by Gasteiger charge is -1.99. The van der Waals surface area contributed by atoms with Crippen molar-refractivity contribution in [2.75, 3.05) is 0 Å². The van der Waals surface area contributed by atoms with Crippen molar-refractivity contribution in [1.29, 1.82) is 0 Å². The van der Waals surface area contributed by atoms with Crippen LogP contribution < -0.4 is 0 Å². The average molecular weight is 277 g/mol. The van der Waals surface area contributed by atoms with Gasteiger partial charge in [-0.2, -0.15) is 0 Å². The van der Waals surface area contributed by atoms with Crippen molar-refractivity contribution in [2.24, 2.45) is 0 Å². The third kappa shape index (κ3) is 1.94. The molecule has 0 bridgehead atoms. The van der Waals surface area contributed by atoms with Crippen LogP contribution in [0.3, 0.4) is 0 Å². The van der Waals surface area contributed by atoms with Crippen LogP contribution in [0, 0.1) is 13.7 Å². The van der Waals surface area contributed by atoms with Crippen LogP contribution in [0.5, 0.6) is 0 Å². The van der Waals surface area contributed by atoms with Gasteiger partial charge in [0.2, 0.25) is 0 Å². The van der Waals surface area contributed by atoms with Crippen molar-refractivity contribution < 1.29 is 4.92 Å². The molecule has 1 aromatic rings. The summed E-state index contributed by atoms with van der Waals surface area (Å²) in [6.07, 6.45) is 0.913. The Hall–Kier alpha value is -0.650. The van der Waals surface area contributed by atoms with Gasteiger partial charge in [-0.1, -0.05) is 13.0 Å². The molecule has 64 valence electrons. The van der Waals surface area contributed by atoms with Crippen LogP contribution in [0.4, 0.5) is 5.69 Å². The van der Waals surface area contributed by atoms with E-state index in [1.807, 2.05) is 6.92 Å². The van der Waals surface area contributed by atoms with Crippen molar-refractivity contribution in [1.82, 2.24) is 0 Å². The van der Waals surface area contributed by atoms with Crippen molar-refractivity contribution in [3.63, 3.8) is 0 Å². The van der Waals surface area contributed by atoms with E-state index in [1.165, 1.54) is 0 Å². The van der Waals surface area contributed by atoms with Crippen LogP contribution in [0.2, 0.25) is 0 Å². The van der Waals surface area contributed by atoms with E-state index in [4.69, 9.17) is 0 Å². The summed E-state index contributed by atoms with van der Waals surface area (Å²) in [5, 5.41) is 10.4. The number of halogens is 1. The van der Waals surface area contributed by atoms with Crippen molar-refractivity contribution in [2.45, 2.75) is 13.3 Å². The van der Waals surface area contributed by atoms with Crippen LogP contribution in [-0.4, -0.2) is 4.92 Å². The number of aryl methyl sites for hydroxylation is 1. The quantitative estimate of drug-likeness (QED) is 0.474. The molecule has 0 fully saturated rings. The summed E-state index contributed by atoms with van der Waals surface area (Å²) in [6.45, 7) is 2.03. The predicted molar refractivity (Wildman–Crippen MR) is 55.2 cm³/mol. The van der Waals surface area contributed by atoms with Gasteiger partial charge in [-0.25, -0.2) is 0 Å². The summed E-state index contributed by atoms with van der Waals surface area (Å²) in [4.78, 5) is 9.98. The first-order valence-electron chi connectivity index (χ1n) is 3.58. The van der Waals surface area contributed by atoms with E-state index in [1.54, 1.807) is 18.2 Å². The van der Waals surface area contributed by atoms with E-state index < -0.39 is 0 Å². The number of nitrogens with zero attached hydrogens (tertiary/aromatic N) is 1. The van der Waals surface area contributed by atoms with E-state index in [2.05, 4.69) is 22.6 Å². The van der Waals surface area contributed by atoms with E-state index in [0.29, 0.717) is 0 Å². The molecule has 0 aromatic heterocycles. The minimum absolute atomic E-state index is 0.164. The smallest absolute Gasteiger partial charge is 0.258 e. The number of rotatable bonds is 2. The van der Waals surface area contributed by atoms with Gasteiger partial charge in [0, 0.05) is 15.7 Å². The Labute approximate surface area is 84.1 Å². The normalized spacial score (nSPS) is 9.83. The van der Waals surface area contributed by atoms with Crippen LogP contribution in [0.25, 0.3) is 0 Å². The molecular weight excluding hydrogens is 269 g/mol. The summed E-state index contributed by atoms with van der Waals surface area (Å²) < 4.78 is 0.962. The molecule has 3 nitrogen and oxygen atoms in total. The Morgan fingerprint density at radius 1 is 1.58 bits per heavy atom. The van der Waals surface area contributed by atoms with Crippen molar-refractivity contribution >= 4 is 28.3 Å². The van der Waals surface area contributed by atoms with Gasteiger partial charge in [0.1, 0.15) is 0 Å². The fourth-order valence-electron chi connectivity index (χ4n) is 0.937. The van der Waals surface area contributed by atoms with Gasteiger partial charge in [0.05, 0.1) is 4.92 Å². The molecule has 0 saturated heterocycles. The van der Waals surface area contributed by atoms with Gasteiger partial charge in [-0.05, 0) is 34.6 Å². The second-order valence-corrected chi connectivity index (χ2v) is 3.55. The van der Waals surface area contributed by atoms with E-state index in [-0.39, 0.29) is 10.6 Å². The SMILES string of the molecule is CCc1ccc([N+](=O)[O-])cc1I. The van der Waals surface area contributed by atoms with Crippen LogP contribution >= 0.6 is 22.6 Å². The molecule has 0 radical (unpaired) electrons. The van der Waals surface area contributed by atoms with Gasteiger partial charge in [-0.15, -0.1) is 0 Å². The Kier molecular flexibility index (Phi) is 3.02. The third-order valence-corrected chi connectivity index (χ3v) is 2.63. The molecule has 0 unspecified atom stereocenters. The third-order valence-electron chi connectivity index (χ3n) is 1.63. The van der Waals surface area contributed by atoms with Crippen molar-refractivity contribution in [3.05, 3.63) is 37.4 Å². The minimum Gasteiger partial charge on any atom is -0.258 e. The minimum atomic E-state index is -0.373. The van der Waals surface area contributed by atoms with Crippen molar-refractivity contribution in [3.8, 4) is 0 Å². The highest BCUT2D eigenvalue weighted by Gasteiger charge is 2.06. The van der Waals surface area contributed by atoms with Gasteiger partial charge in [0.25, 0.3) is 5.69 Å². The van der Waals surface area contributed by atoms with E-state index in [9.17, 15) is 10.1 Å². The number of nitro benzene ring substituents is 1. The number of hydrogen-bond acceptors (Lipinski definition) is 2. The first-order valence-corrected chi connectivity index (χ1v) is 4.66. The molecule has 0 aliphatic carbocycles. The fourth-order valence-corrected chi connectivity index (χ4v) is 1.82. The molecule has 0 saturated carbocycles. The predicted octanol–water partition coefficient (Wildman–Crippen LogP) is 2.76. The standard InChI is InChI=1S/C8H8INO2/c1-2-6-3-4-7(10(11)12)5-8(6)9/h3-5H,2H2,1H3. The lowest BCUT2D eigenvalue weighted by molar-refractivity contribution is -0.385. The Bertz CT molecular complexity index is 312.